The zero-order valence-corrected chi connectivity index (χ0v) is 10.3. The quantitative estimate of drug-likeness (QED) is 0.775. The number of aliphatic hydroxyl groups excluding tert-OH is 1. The number of carboxylic acid groups (broad SMARTS) is 1. The van der Waals surface area contributed by atoms with Crippen molar-refractivity contribution in [3.8, 4) is 0 Å². The van der Waals surface area contributed by atoms with Gasteiger partial charge < -0.3 is 10.2 Å². The van der Waals surface area contributed by atoms with Crippen molar-refractivity contribution in [1.29, 1.82) is 0 Å². The Hall–Kier alpha value is -1.46. The fraction of sp³-hybridized carbons (Fsp3) is 0.462. The van der Waals surface area contributed by atoms with Crippen LogP contribution in [-0.2, 0) is 11.3 Å². The first-order chi connectivity index (χ1) is 8.47. The molecule has 0 saturated carbocycles. The van der Waals surface area contributed by atoms with Crippen LogP contribution >= 0.6 is 0 Å². The van der Waals surface area contributed by atoms with E-state index in [1.54, 1.807) is 12.1 Å². The molecular weight excluding hydrogens is 237 g/mol. The van der Waals surface area contributed by atoms with Gasteiger partial charge in [0.05, 0.1) is 6.10 Å². The third-order valence-corrected chi connectivity index (χ3v) is 2.58. The maximum absolute atomic E-state index is 12.7. The summed E-state index contributed by atoms with van der Waals surface area (Å²) in [6.45, 7) is 0.981. The predicted molar refractivity (Wildman–Crippen MR) is 65.6 cm³/mol. The van der Waals surface area contributed by atoms with Crippen molar-refractivity contribution in [3.63, 3.8) is 0 Å². The molecule has 0 aliphatic rings. The summed E-state index contributed by atoms with van der Waals surface area (Å²) in [7, 11) is 1.83. The molecule has 2 N–H and O–H groups in total. The third kappa shape index (κ3) is 5.75. The Bertz CT molecular complexity index is 380. The van der Waals surface area contributed by atoms with Crippen molar-refractivity contribution in [1.82, 2.24) is 4.90 Å². The van der Waals surface area contributed by atoms with E-state index in [-0.39, 0.29) is 18.7 Å². The third-order valence-electron chi connectivity index (χ3n) is 2.58. The topological polar surface area (TPSA) is 60.8 Å². The number of aliphatic hydroxyl groups is 1. The van der Waals surface area contributed by atoms with Crippen LogP contribution < -0.4 is 0 Å². The highest BCUT2D eigenvalue weighted by Gasteiger charge is 2.10. The average molecular weight is 255 g/mol. The normalized spacial score (nSPS) is 12.7. The minimum Gasteiger partial charge on any atom is -0.481 e. The van der Waals surface area contributed by atoms with Crippen molar-refractivity contribution in [2.45, 2.75) is 25.5 Å². The Labute approximate surface area is 106 Å². The second-order valence-electron chi connectivity index (χ2n) is 4.41. The number of hydrogen-bond donors (Lipinski definition) is 2. The maximum atomic E-state index is 12.7. The van der Waals surface area contributed by atoms with Gasteiger partial charge in [-0.1, -0.05) is 12.1 Å². The molecule has 0 radical (unpaired) electrons. The summed E-state index contributed by atoms with van der Waals surface area (Å²) in [4.78, 5) is 12.2. The Morgan fingerprint density at radius 1 is 1.39 bits per heavy atom. The molecule has 1 unspecified atom stereocenters. The lowest BCUT2D eigenvalue weighted by molar-refractivity contribution is -0.137. The lowest BCUT2D eigenvalue weighted by Crippen LogP contribution is -2.29. The van der Waals surface area contributed by atoms with Gasteiger partial charge in [0.1, 0.15) is 5.82 Å². The SMILES string of the molecule is CN(Cc1ccc(F)cc1)CC(O)CCC(=O)O. The van der Waals surface area contributed by atoms with Crippen LogP contribution in [0.3, 0.4) is 0 Å². The van der Waals surface area contributed by atoms with E-state index in [1.807, 2.05) is 11.9 Å². The van der Waals surface area contributed by atoms with Crippen LogP contribution in [-0.4, -0.2) is 40.8 Å². The molecule has 0 aromatic heterocycles. The molecule has 0 amide bonds. The smallest absolute Gasteiger partial charge is 0.303 e. The number of carbonyl (C=O) groups is 1. The molecule has 1 aromatic rings. The number of likely N-dealkylation sites (N-methyl/N-ethyl adjacent to an activating group) is 1. The summed E-state index contributed by atoms with van der Waals surface area (Å²) in [5.74, 6) is -1.18. The molecule has 0 spiro atoms. The van der Waals surface area contributed by atoms with E-state index in [4.69, 9.17) is 5.11 Å². The van der Waals surface area contributed by atoms with Gasteiger partial charge in [-0.2, -0.15) is 0 Å². The van der Waals surface area contributed by atoms with Gasteiger partial charge in [0.15, 0.2) is 0 Å². The minimum absolute atomic E-state index is 0.0362. The number of nitrogens with zero attached hydrogens (tertiary/aromatic N) is 1. The van der Waals surface area contributed by atoms with Crippen molar-refractivity contribution in [2.75, 3.05) is 13.6 Å². The first-order valence-corrected chi connectivity index (χ1v) is 5.80. The van der Waals surface area contributed by atoms with Gasteiger partial charge in [-0.25, -0.2) is 4.39 Å². The molecule has 0 aliphatic heterocycles. The van der Waals surface area contributed by atoms with Crippen LogP contribution in [0, 0.1) is 5.82 Å². The predicted octanol–water partition coefficient (Wildman–Crippen LogP) is 1.48. The highest BCUT2D eigenvalue weighted by atomic mass is 19.1. The number of carboxylic acids is 1. The molecular formula is C13H18FNO3. The van der Waals surface area contributed by atoms with E-state index in [0.29, 0.717) is 13.1 Å². The zero-order chi connectivity index (χ0) is 13.5. The van der Waals surface area contributed by atoms with Crippen molar-refractivity contribution < 1.29 is 19.4 Å². The van der Waals surface area contributed by atoms with Gasteiger partial charge in [-0.05, 0) is 31.2 Å². The highest BCUT2D eigenvalue weighted by Crippen LogP contribution is 2.07. The van der Waals surface area contributed by atoms with Gasteiger partial charge in [-0.3, -0.25) is 9.69 Å². The molecule has 1 rings (SSSR count). The monoisotopic (exact) mass is 255 g/mol. The molecule has 0 saturated heterocycles. The molecule has 0 aliphatic carbocycles. The minimum atomic E-state index is -0.907. The maximum Gasteiger partial charge on any atom is 0.303 e. The molecule has 5 heteroatoms. The Balaban J connectivity index is 2.34. The molecule has 100 valence electrons. The number of benzene rings is 1. The first kappa shape index (κ1) is 14.6. The van der Waals surface area contributed by atoms with Crippen LogP contribution in [0.2, 0.25) is 0 Å². The second kappa shape index (κ2) is 7.08. The van der Waals surface area contributed by atoms with E-state index < -0.39 is 12.1 Å². The van der Waals surface area contributed by atoms with Crippen LogP contribution in [0.4, 0.5) is 4.39 Å². The number of aliphatic carboxylic acids is 1. The molecule has 1 atom stereocenters. The van der Waals surface area contributed by atoms with Crippen molar-refractivity contribution in [3.05, 3.63) is 35.6 Å². The van der Waals surface area contributed by atoms with E-state index >= 15 is 0 Å². The summed E-state index contributed by atoms with van der Waals surface area (Å²) < 4.78 is 12.7. The fourth-order valence-corrected chi connectivity index (χ4v) is 1.71. The Morgan fingerprint density at radius 2 is 2.00 bits per heavy atom. The van der Waals surface area contributed by atoms with Gasteiger partial charge in [0, 0.05) is 19.5 Å². The Kier molecular flexibility index (Phi) is 5.74. The van der Waals surface area contributed by atoms with Crippen molar-refractivity contribution in [2.24, 2.45) is 0 Å². The highest BCUT2D eigenvalue weighted by molar-refractivity contribution is 5.66. The molecule has 0 bridgehead atoms. The van der Waals surface area contributed by atoms with E-state index in [1.165, 1.54) is 12.1 Å². The van der Waals surface area contributed by atoms with Crippen LogP contribution in [0.5, 0.6) is 0 Å². The summed E-state index contributed by atoms with van der Waals surface area (Å²) in [5.41, 5.74) is 0.948. The second-order valence-corrected chi connectivity index (χ2v) is 4.41. The molecule has 18 heavy (non-hydrogen) atoms. The summed E-state index contributed by atoms with van der Waals surface area (Å²) in [6.07, 6.45) is -0.458. The van der Waals surface area contributed by atoms with Gasteiger partial charge in [0.2, 0.25) is 0 Å². The lowest BCUT2D eigenvalue weighted by atomic mass is 10.1. The zero-order valence-electron chi connectivity index (χ0n) is 10.3. The summed E-state index contributed by atoms with van der Waals surface area (Å²) >= 11 is 0. The van der Waals surface area contributed by atoms with Crippen LogP contribution in [0.1, 0.15) is 18.4 Å². The largest absolute Gasteiger partial charge is 0.481 e. The summed E-state index contributed by atoms with van der Waals surface area (Å²) in [6, 6.07) is 6.17. The fourth-order valence-electron chi connectivity index (χ4n) is 1.71. The number of halogens is 1. The molecule has 4 nitrogen and oxygen atoms in total. The van der Waals surface area contributed by atoms with Gasteiger partial charge in [0.25, 0.3) is 0 Å². The number of rotatable bonds is 7. The standard InChI is InChI=1S/C13H18FNO3/c1-15(9-12(16)6-7-13(17)18)8-10-2-4-11(14)5-3-10/h2-5,12,16H,6-9H2,1H3,(H,17,18). The average Bonchev–Trinajstić information content (AvgIpc) is 2.29. The lowest BCUT2D eigenvalue weighted by Gasteiger charge is -2.20. The van der Waals surface area contributed by atoms with Gasteiger partial charge in [-0.15, -0.1) is 0 Å². The van der Waals surface area contributed by atoms with Crippen LogP contribution in [0.25, 0.3) is 0 Å². The van der Waals surface area contributed by atoms with E-state index in [2.05, 4.69) is 0 Å². The number of hydrogen-bond acceptors (Lipinski definition) is 3. The Morgan fingerprint density at radius 3 is 2.56 bits per heavy atom. The van der Waals surface area contributed by atoms with Crippen LogP contribution in [0.15, 0.2) is 24.3 Å². The van der Waals surface area contributed by atoms with E-state index in [9.17, 15) is 14.3 Å². The first-order valence-electron chi connectivity index (χ1n) is 5.80. The van der Waals surface area contributed by atoms with Crippen molar-refractivity contribution >= 4 is 5.97 Å². The summed E-state index contributed by atoms with van der Waals surface area (Å²) in [5, 5.41) is 18.1. The molecule has 1 aromatic carbocycles. The molecule has 0 heterocycles. The van der Waals surface area contributed by atoms with E-state index in [0.717, 1.165) is 5.56 Å². The molecule has 0 fully saturated rings. The van der Waals surface area contributed by atoms with Gasteiger partial charge >= 0.3 is 5.97 Å².